The Balaban J connectivity index is 2.76. The number of nitrogens with zero attached hydrogens (tertiary/aromatic N) is 1. The fourth-order valence-electron chi connectivity index (χ4n) is 1.51. The highest BCUT2D eigenvalue weighted by atomic mass is 16.6. The van der Waals surface area contributed by atoms with E-state index < -0.39 is 5.97 Å². The molecule has 0 radical (unpaired) electrons. The Bertz CT molecular complexity index is 578. The van der Waals surface area contributed by atoms with Crippen LogP contribution < -0.4 is 14.8 Å². The highest BCUT2D eigenvalue weighted by molar-refractivity contribution is 5.93. The molecule has 22 heavy (non-hydrogen) atoms. The van der Waals surface area contributed by atoms with Gasteiger partial charge in [-0.3, -0.25) is 0 Å². The quantitative estimate of drug-likeness (QED) is 0.338. The Morgan fingerprint density at radius 3 is 2.55 bits per heavy atom. The lowest BCUT2D eigenvalue weighted by Crippen LogP contribution is -2.12. The molecule has 0 amide bonds. The van der Waals surface area contributed by atoms with Crippen molar-refractivity contribution in [2.24, 2.45) is 0 Å². The number of ether oxygens (including phenoxy) is 4. The molecule has 0 atom stereocenters. The van der Waals surface area contributed by atoms with E-state index in [2.05, 4.69) is 5.32 Å². The highest BCUT2D eigenvalue weighted by Crippen LogP contribution is 2.29. The first-order valence-electron chi connectivity index (χ1n) is 6.41. The second-order valence-corrected chi connectivity index (χ2v) is 4.01. The van der Waals surface area contributed by atoms with Crippen molar-refractivity contribution in [1.29, 1.82) is 5.26 Å². The molecule has 0 bridgehead atoms. The second-order valence-electron chi connectivity index (χ2n) is 4.01. The molecule has 0 aromatic heterocycles. The van der Waals surface area contributed by atoms with Gasteiger partial charge in [0.25, 0.3) is 0 Å². The normalized spacial score (nSPS) is 10.5. The smallest absolute Gasteiger partial charge is 0.350 e. The Morgan fingerprint density at radius 1 is 1.23 bits per heavy atom. The van der Waals surface area contributed by atoms with Crippen LogP contribution in [0.2, 0.25) is 0 Å². The molecule has 0 aliphatic rings. The third kappa shape index (κ3) is 5.00. The van der Waals surface area contributed by atoms with E-state index in [9.17, 15) is 4.79 Å². The van der Waals surface area contributed by atoms with Gasteiger partial charge in [0.1, 0.15) is 12.7 Å². The van der Waals surface area contributed by atoms with Crippen molar-refractivity contribution in [1.82, 2.24) is 0 Å². The number of benzene rings is 1. The van der Waals surface area contributed by atoms with E-state index in [1.807, 2.05) is 0 Å². The van der Waals surface area contributed by atoms with Crippen molar-refractivity contribution in [3.05, 3.63) is 30.0 Å². The van der Waals surface area contributed by atoms with Crippen molar-refractivity contribution in [3.8, 4) is 17.6 Å². The predicted molar refractivity (Wildman–Crippen MR) is 79.7 cm³/mol. The van der Waals surface area contributed by atoms with Gasteiger partial charge in [0.2, 0.25) is 0 Å². The standard InChI is InChI=1S/C15H18N2O5/c1-19-6-7-22-15(18)11(9-16)10-17-12-4-5-13(20-2)14(8-12)21-3/h4-5,8,10,17H,6-7H2,1-3H3. The number of methoxy groups -OCH3 is 3. The third-order valence-corrected chi connectivity index (χ3v) is 2.63. The minimum atomic E-state index is -0.715. The van der Waals surface area contributed by atoms with Crippen LogP contribution in [0, 0.1) is 11.3 Å². The maximum absolute atomic E-state index is 11.6. The van der Waals surface area contributed by atoms with E-state index in [0.717, 1.165) is 0 Å². The lowest BCUT2D eigenvalue weighted by atomic mass is 10.2. The molecule has 7 nitrogen and oxygen atoms in total. The summed E-state index contributed by atoms with van der Waals surface area (Å²) in [5, 5.41) is 11.8. The summed E-state index contributed by atoms with van der Waals surface area (Å²) >= 11 is 0. The van der Waals surface area contributed by atoms with Crippen molar-refractivity contribution in [2.45, 2.75) is 0 Å². The summed E-state index contributed by atoms with van der Waals surface area (Å²) in [6, 6.07) is 6.89. The van der Waals surface area contributed by atoms with Crippen molar-refractivity contribution in [2.75, 3.05) is 39.9 Å². The Kier molecular flexibility index (Phi) is 7.29. The van der Waals surface area contributed by atoms with E-state index in [1.54, 1.807) is 24.3 Å². The number of nitrogens with one attached hydrogen (secondary N) is 1. The zero-order valence-corrected chi connectivity index (χ0v) is 12.7. The molecule has 1 rings (SSSR count). The minimum absolute atomic E-state index is 0.0880. The van der Waals surface area contributed by atoms with E-state index in [0.29, 0.717) is 17.2 Å². The van der Waals surface area contributed by atoms with Gasteiger partial charge < -0.3 is 24.3 Å². The summed E-state index contributed by atoms with van der Waals surface area (Å²) in [6.07, 6.45) is 1.27. The predicted octanol–water partition coefficient (Wildman–Crippen LogP) is 1.71. The van der Waals surface area contributed by atoms with Gasteiger partial charge in [-0.25, -0.2) is 4.79 Å². The highest BCUT2D eigenvalue weighted by Gasteiger charge is 2.10. The first-order valence-corrected chi connectivity index (χ1v) is 6.41. The second kappa shape index (κ2) is 9.26. The largest absolute Gasteiger partial charge is 0.493 e. The van der Waals surface area contributed by atoms with Crippen molar-refractivity contribution in [3.63, 3.8) is 0 Å². The van der Waals surface area contributed by atoms with E-state index >= 15 is 0 Å². The Morgan fingerprint density at radius 2 is 1.95 bits per heavy atom. The van der Waals surface area contributed by atoms with Crippen LogP contribution in [0.3, 0.4) is 0 Å². The molecule has 1 aromatic carbocycles. The van der Waals surface area contributed by atoms with Gasteiger partial charge in [0, 0.05) is 25.1 Å². The SMILES string of the molecule is COCCOC(=O)C(C#N)=CNc1ccc(OC)c(OC)c1. The number of carbonyl (C=O) groups excluding carboxylic acids is 1. The summed E-state index contributed by atoms with van der Waals surface area (Å²) in [6.45, 7) is 0.359. The molecule has 0 heterocycles. The van der Waals surface area contributed by atoms with Crippen LogP contribution in [0.25, 0.3) is 0 Å². The van der Waals surface area contributed by atoms with Gasteiger partial charge in [-0.1, -0.05) is 0 Å². The molecule has 118 valence electrons. The molecule has 0 fully saturated rings. The van der Waals surface area contributed by atoms with E-state index in [-0.39, 0.29) is 18.8 Å². The number of hydrogen-bond donors (Lipinski definition) is 1. The fourth-order valence-corrected chi connectivity index (χ4v) is 1.51. The van der Waals surface area contributed by atoms with Gasteiger partial charge in [-0.15, -0.1) is 0 Å². The van der Waals surface area contributed by atoms with Crippen LogP contribution in [0.5, 0.6) is 11.5 Å². The number of carbonyl (C=O) groups is 1. The number of rotatable bonds is 8. The van der Waals surface area contributed by atoms with E-state index in [4.69, 9.17) is 24.2 Å². The van der Waals surface area contributed by atoms with Gasteiger partial charge in [0.05, 0.1) is 20.8 Å². The molecule has 0 unspecified atom stereocenters. The zero-order chi connectivity index (χ0) is 16.4. The van der Waals surface area contributed by atoms with Gasteiger partial charge >= 0.3 is 5.97 Å². The summed E-state index contributed by atoms with van der Waals surface area (Å²) in [5.74, 6) is 0.395. The van der Waals surface area contributed by atoms with Gasteiger partial charge in [-0.2, -0.15) is 5.26 Å². The number of esters is 1. The molecule has 0 aliphatic carbocycles. The first-order chi connectivity index (χ1) is 10.7. The molecular formula is C15H18N2O5. The van der Waals surface area contributed by atoms with Gasteiger partial charge in [-0.05, 0) is 12.1 Å². The summed E-state index contributed by atoms with van der Waals surface area (Å²) < 4.78 is 19.9. The molecule has 1 aromatic rings. The number of nitriles is 1. The Hall–Kier alpha value is -2.72. The minimum Gasteiger partial charge on any atom is -0.493 e. The van der Waals surface area contributed by atoms with Crippen molar-refractivity contribution >= 4 is 11.7 Å². The molecule has 0 spiro atoms. The average molecular weight is 306 g/mol. The molecule has 0 aliphatic heterocycles. The van der Waals surface area contributed by atoms with Crippen LogP contribution in [-0.2, 0) is 14.3 Å². The summed E-state index contributed by atoms with van der Waals surface area (Å²) in [5.41, 5.74) is 0.487. The Labute approximate surface area is 129 Å². The summed E-state index contributed by atoms with van der Waals surface area (Å²) in [7, 11) is 4.55. The monoisotopic (exact) mass is 306 g/mol. The van der Waals surface area contributed by atoms with Gasteiger partial charge in [0.15, 0.2) is 17.1 Å². The topological polar surface area (TPSA) is 89.8 Å². The lowest BCUT2D eigenvalue weighted by molar-refractivity contribution is -0.139. The molecule has 7 heteroatoms. The number of anilines is 1. The molecule has 0 saturated heterocycles. The average Bonchev–Trinajstić information content (AvgIpc) is 2.55. The van der Waals surface area contributed by atoms with E-state index in [1.165, 1.54) is 27.5 Å². The zero-order valence-electron chi connectivity index (χ0n) is 12.7. The fraction of sp³-hybridized carbons (Fsp3) is 0.333. The summed E-state index contributed by atoms with van der Waals surface area (Å²) in [4.78, 5) is 11.6. The molecule has 0 saturated carbocycles. The lowest BCUT2D eigenvalue weighted by Gasteiger charge is -2.09. The van der Waals surface area contributed by atoms with Crippen LogP contribution in [0.1, 0.15) is 0 Å². The molecular weight excluding hydrogens is 288 g/mol. The maximum atomic E-state index is 11.6. The maximum Gasteiger partial charge on any atom is 0.350 e. The van der Waals surface area contributed by atoms with Crippen LogP contribution >= 0.6 is 0 Å². The molecule has 1 N–H and O–H groups in total. The third-order valence-electron chi connectivity index (χ3n) is 2.63. The van der Waals surface area contributed by atoms with Crippen molar-refractivity contribution < 1.29 is 23.7 Å². The van der Waals surface area contributed by atoms with Crippen LogP contribution in [0.15, 0.2) is 30.0 Å². The van der Waals surface area contributed by atoms with Crippen LogP contribution in [0.4, 0.5) is 5.69 Å². The first kappa shape index (κ1) is 17.3. The number of hydrogen-bond acceptors (Lipinski definition) is 7. The van der Waals surface area contributed by atoms with Crippen LogP contribution in [-0.4, -0.2) is 40.5 Å².